The summed E-state index contributed by atoms with van der Waals surface area (Å²) in [6, 6.07) is 4.99. The van der Waals surface area contributed by atoms with Crippen LogP contribution in [-0.2, 0) is 4.79 Å². The van der Waals surface area contributed by atoms with Crippen LogP contribution in [0.4, 0.5) is 16.0 Å². The van der Waals surface area contributed by atoms with Gasteiger partial charge in [-0.15, -0.1) is 11.3 Å². The van der Waals surface area contributed by atoms with Gasteiger partial charge in [-0.2, -0.15) is 0 Å². The Morgan fingerprint density at radius 1 is 1.15 bits per heavy atom. The van der Waals surface area contributed by atoms with Crippen LogP contribution in [0.2, 0.25) is 10.0 Å². The van der Waals surface area contributed by atoms with Gasteiger partial charge < -0.3 is 14.9 Å². The molecule has 0 radical (unpaired) electrons. The number of pyridine rings is 1. The lowest BCUT2D eigenvalue weighted by Crippen LogP contribution is -2.48. The van der Waals surface area contributed by atoms with Crippen molar-refractivity contribution in [3.8, 4) is 10.6 Å². The number of carboxylic acids is 1. The van der Waals surface area contributed by atoms with Crippen LogP contribution < -0.4 is 15.1 Å². The molecule has 0 saturated carbocycles. The van der Waals surface area contributed by atoms with Gasteiger partial charge in [-0.25, -0.2) is 9.97 Å². The molecule has 13 heteroatoms. The predicted octanol–water partition coefficient (Wildman–Crippen LogP) is 5.80. The number of likely N-dealkylation sites (tertiary alicyclic amines) is 1. The van der Waals surface area contributed by atoms with E-state index in [4.69, 9.17) is 28.2 Å². The molecule has 3 aliphatic heterocycles. The predicted molar refractivity (Wildman–Crippen MR) is 162 cm³/mol. The van der Waals surface area contributed by atoms with Crippen molar-refractivity contribution in [3.05, 3.63) is 39.3 Å². The van der Waals surface area contributed by atoms with Crippen molar-refractivity contribution in [2.45, 2.75) is 51.2 Å². The number of hydrogen-bond acceptors (Lipinski definition) is 9. The lowest BCUT2D eigenvalue weighted by Gasteiger charge is -2.37. The molecule has 1 amide bonds. The number of aliphatic carboxylic acids is 1. The number of amides is 1. The highest BCUT2D eigenvalue weighted by Gasteiger charge is 2.45. The third kappa shape index (κ3) is 5.30. The molecular weight excluding hydrogens is 591 g/mol. The Morgan fingerprint density at radius 3 is 2.52 bits per heavy atom. The summed E-state index contributed by atoms with van der Waals surface area (Å²) in [6.07, 6.45) is 3.71. The van der Waals surface area contributed by atoms with Gasteiger partial charge in [0.15, 0.2) is 5.13 Å². The van der Waals surface area contributed by atoms with E-state index in [1.165, 1.54) is 17.5 Å². The Balaban J connectivity index is 1.20. The van der Waals surface area contributed by atoms with Gasteiger partial charge in [0.25, 0.3) is 5.91 Å². The molecule has 2 atom stereocenters. The second kappa shape index (κ2) is 11.1. The summed E-state index contributed by atoms with van der Waals surface area (Å²) in [7, 11) is 0. The van der Waals surface area contributed by atoms with Crippen molar-refractivity contribution >= 4 is 73.7 Å². The smallest absolute Gasteiger partial charge is 0.306 e. The Morgan fingerprint density at radius 2 is 1.93 bits per heavy atom. The fourth-order valence-corrected chi connectivity index (χ4v) is 8.50. The van der Waals surface area contributed by atoms with Gasteiger partial charge in [0.05, 0.1) is 26.4 Å². The molecule has 3 aromatic heterocycles. The number of carbonyl (C=O) groups excluding carboxylic acids is 1. The number of piperidine rings is 1. The number of fused-ring (bicyclic) bond motifs is 2. The minimum absolute atomic E-state index is 0.333. The first-order valence-corrected chi connectivity index (χ1v) is 15.9. The van der Waals surface area contributed by atoms with E-state index in [-0.39, 0.29) is 11.8 Å². The van der Waals surface area contributed by atoms with E-state index in [9.17, 15) is 14.7 Å². The van der Waals surface area contributed by atoms with E-state index in [2.05, 4.69) is 33.9 Å². The van der Waals surface area contributed by atoms with Crippen molar-refractivity contribution in [1.29, 1.82) is 0 Å². The maximum absolute atomic E-state index is 13.2. The lowest BCUT2D eigenvalue weighted by atomic mass is 9.97. The maximum Gasteiger partial charge on any atom is 0.306 e. The van der Waals surface area contributed by atoms with Gasteiger partial charge in [-0.05, 0) is 45.2 Å². The molecule has 0 aliphatic carbocycles. The van der Waals surface area contributed by atoms with Crippen molar-refractivity contribution in [3.63, 3.8) is 0 Å². The Kier molecular flexibility index (Phi) is 7.69. The summed E-state index contributed by atoms with van der Waals surface area (Å²) in [6.45, 7) is 7.57. The number of aromatic nitrogens is 2. The molecule has 2 unspecified atom stereocenters. The average Bonchev–Trinajstić information content (AvgIpc) is 3.72. The molecular formula is C27H30Cl2N6O3S2. The van der Waals surface area contributed by atoms with Gasteiger partial charge in [-0.3, -0.25) is 19.8 Å². The number of halogens is 2. The summed E-state index contributed by atoms with van der Waals surface area (Å²) in [4.78, 5) is 41.8. The van der Waals surface area contributed by atoms with Crippen molar-refractivity contribution in [1.82, 2.24) is 14.9 Å². The highest BCUT2D eigenvalue weighted by molar-refractivity contribution is 7.21. The van der Waals surface area contributed by atoms with Crippen LogP contribution in [-0.4, -0.2) is 76.2 Å². The van der Waals surface area contributed by atoms with Gasteiger partial charge in [0.2, 0.25) is 0 Å². The standard InChI is InChI=1S/C27H30Cl2N6O3S2/c1-14(2)34-11-19-9-18(34)12-35(19)25-22(21-8-17(28)13-39-21)31-27(40-25)32-24(36)16-7-20(29)23(30-10-16)33-5-3-15(4-6-33)26(37)38/h7-8,10,13-15,18-19H,3-6,9,11-12H2,1-2H3,(H,37,38)(H,31,32,36). The molecule has 3 aromatic rings. The SMILES string of the molecule is CC(C)N1CC2CC1CN2c1sc(NC(=O)c2cnc(N3CCC(C(=O)O)CC3)c(Cl)c2)nc1-c1cc(Cl)cs1. The number of carboxylic acid groups (broad SMARTS) is 1. The van der Waals surface area contributed by atoms with Crippen LogP contribution in [0.1, 0.15) is 43.5 Å². The van der Waals surface area contributed by atoms with Gasteiger partial charge in [0, 0.05) is 55.9 Å². The van der Waals surface area contributed by atoms with Gasteiger partial charge >= 0.3 is 5.97 Å². The highest BCUT2D eigenvalue weighted by atomic mass is 35.5. The number of rotatable bonds is 7. The van der Waals surface area contributed by atoms with Gasteiger partial charge in [0.1, 0.15) is 16.5 Å². The number of thiazole rings is 1. The lowest BCUT2D eigenvalue weighted by molar-refractivity contribution is -0.142. The molecule has 2 bridgehead atoms. The van der Waals surface area contributed by atoms with E-state index < -0.39 is 5.97 Å². The zero-order valence-corrected chi connectivity index (χ0v) is 25.3. The molecule has 3 fully saturated rings. The molecule has 212 valence electrons. The number of nitrogens with zero attached hydrogens (tertiary/aromatic N) is 5. The topological polar surface area (TPSA) is 102 Å². The fraction of sp³-hybridized carbons (Fsp3) is 0.481. The quantitative estimate of drug-likeness (QED) is 0.342. The molecule has 3 saturated heterocycles. The minimum atomic E-state index is -0.767. The number of anilines is 3. The average molecular weight is 622 g/mol. The van der Waals surface area contributed by atoms with E-state index >= 15 is 0 Å². The number of thiophene rings is 1. The van der Waals surface area contributed by atoms with Gasteiger partial charge in [-0.1, -0.05) is 34.5 Å². The molecule has 3 aliphatic rings. The number of piperazine rings is 1. The molecule has 9 nitrogen and oxygen atoms in total. The number of carbonyl (C=O) groups is 2. The van der Waals surface area contributed by atoms with E-state index in [1.54, 1.807) is 17.4 Å². The summed E-state index contributed by atoms with van der Waals surface area (Å²) < 4.78 is 0. The second-order valence-corrected chi connectivity index (χ2v) is 13.6. The maximum atomic E-state index is 13.2. The summed E-state index contributed by atoms with van der Waals surface area (Å²) in [5, 5.41) is 16.7. The third-order valence-electron chi connectivity index (χ3n) is 8.07. The Hall–Kier alpha value is -2.44. The monoisotopic (exact) mass is 620 g/mol. The zero-order valence-electron chi connectivity index (χ0n) is 22.1. The normalized spacial score (nSPS) is 21.5. The van der Waals surface area contributed by atoms with Crippen LogP contribution in [0.25, 0.3) is 10.6 Å². The first kappa shape index (κ1) is 27.7. The molecule has 6 heterocycles. The molecule has 0 spiro atoms. The van der Waals surface area contributed by atoms with Crippen LogP contribution in [0.3, 0.4) is 0 Å². The van der Waals surface area contributed by atoms with E-state index in [0.717, 1.165) is 35.1 Å². The first-order chi connectivity index (χ1) is 19.2. The van der Waals surface area contributed by atoms with Crippen molar-refractivity contribution in [2.24, 2.45) is 5.92 Å². The molecule has 6 rings (SSSR count). The second-order valence-electron chi connectivity index (χ2n) is 10.9. The number of nitrogens with one attached hydrogen (secondary N) is 1. The summed E-state index contributed by atoms with van der Waals surface area (Å²) >= 11 is 15.8. The first-order valence-electron chi connectivity index (χ1n) is 13.4. The minimum Gasteiger partial charge on any atom is -0.481 e. The summed E-state index contributed by atoms with van der Waals surface area (Å²) in [5.74, 6) is -0.884. The van der Waals surface area contributed by atoms with Crippen LogP contribution in [0.5, 0.6) is 0 Å². The number of hydrogen-bond donors (Lipinski definition) is 2. The Labute approximate surface area is 250 Å². The van der Waals surface area contributed by atoms with Crippen LogP contribution >= 0.6 is 45.9 Å². The molecule has 0 aromatic carbocycles. The molecule has 40 heavy (non-hydrogen) atoms. The largest absolute Gasteiger partial charge is 0.481 e. The van der Waals surface area contributed by atoms with Crippen LogP contribution in [0, 0.1) is 5.92 Å². The molecule has 2 N–H and O–H groups in total. The highest BCUT2D eigenvalue weighted by Crippen LogP contribution is 2.46. The van der Waals surface area contributed by atoms with Crippen LogP contribution in [0.15, 0.2) is 23.7 Å². The fourth-order valence-electron chi connectivity index (χ4n) is 6.03. The third-order valence-corrected chi connectivity index (χ3v) is 10.6. The van der Waals surface area contributed by atoms with Crippen molar-refractivity contribution in [2.75, 3.05) is 41.3 Å². The Bertz CT molecular complexity index is 1440. The van der Waals surface area contributed by atoms with Crippen molar-refractivity contribution < 1.29 is 14.7 Å². The zero-order chi connectivity index (χ0) is 28.1. The van der Waals surface area contributed by atoms with E-state index in [0.29, 0.717) is 70.6 Å². The van der Waals surface area contributed by atoms with E-state index in [1.807, 2.05) is 16.3 Å². The summed E-state index contributed by atoms with van der Waals surface area (Å²) in [5.41, 5.74) is 1.18.